The molecule has 0 N–H and O–H groups in total. The molecule has 1 aromatic carbocycles. The summed E-state index contributed by atoms with van der Waals surface area (Å²) < 4.78 is 7.58. The Morgan fingerprint density at radius 2 is 2.00 bits per heavy atom. The zero-order valence-electron chi connectivity index (χ0n) is 7.51. The van der Waals surface area contributed by atoms with Crippen LogP contribution in [-0.4, -0.2) is 0 Å². The molecule has 0 fully saturated rings. The maximum Gasteiger partial charge on any atom is 0.185 e. The van der Waals surface area contributed by atoms with Gasteiger partial charge in [-0.2, -0.15) is 0 Å². The van der Waals surface area contributed by atoms with E-state index in [1.54, 1.807) is 18.2 Å². The summed E-state index contributed by atoms with van der Waals surface area (Å²) in [5.74, 6) is 0. The van der Waals surface area contributed by atoms with Gasteiger partial charge >= 0.3 is 0 Å². The van der Waals surface area contributed by atoms with Crippen molar-refractivity contribution >= 4 is 17.6 Å². The molecule has 0 radical (unpaired) electrons. The summed E-state index contributed by atoms with van der Waals surface area (Å²) >= 11 is 1.66. The molecule has 0 spiro atoms. The monoisotopic (exact) mass is 203 g/mol. The molecule has 0 saturated carbocycles. The molecular formula is C11H9NOS. The predicted octanol–water partition coefficient (Wildman–Crippen LogP) is 3.31. The second-order valence-electron chi connectivity index (χ2n) is 3.20. The van der Waals surface area contributed by atoms with Gasteiger partial charge in [-0.1, -0.05) is 18.2 Å². The molecule has 2 heterocycles. The number of benzene rings is 1. The third-order valence-corrected chi connectivity index (χ3v) is 3.34. The molecule has 0 aliphatic carbocycles. The topological polar surface area (TPSA) is 16.4 Å². The lowest BCUT2D eigenvalue weighted by molar-refractivity contribution is 0.473. The Bertz CT molecular complexity index is 417. The number of fused-ring (bicyclic) bond motifs is 1. The van der Waals surface area contributed by atoms with Gasteiger partial charge in [0.15, 0.2) is 5.09 Å². The molecule has 1 aliphatic heterocycles. The SMILES string of the molecule is c1ccc(N2Cc3ccoc3S2)cc1. The maximum absolute atomic E-state index is 5.35. The van der Waals surface area contributed by atoms with Crippen molar-refractivity contribution in [2.24, 2.45) is 0 Å². The van der Waals surface area contributed by atoms with Crippen LogP contribution in [0.3, 0.4) is 0 Å². The average molecular weight is 203 g/mol. The molecule has 1 aromatic heterocycles. The summed E-state index contributed by atoms with van der Waals surface area (Å²) in [6.07, 6.45) is 1.75. The summed E-state index contributed by atoms with van der Waals surface area (Å²) in [4.78, 5) is 0. The van der Waals surface area contributed by atoms with Crippen LogP contribution in [0.1, 0.15) is 5.56 Å². The first-order valence-electron chi connectivity index (χ1n) is 4.50. The highest BCUT2D eigenvalue weighted by atomic mass is 32.2. The Morgan fingerprint density at radius 3 is 2.79 bits per heavy atom. The van der Waals surface area contributed by atoms with E-state index in [4.69, 9.17) is 4.42 Å². The highest BCUT2D eigenvalue weighted by molar-refractivity contribution is 8.00. The standard InChI is InChI=1S/C11H9NOS/c1-2-4-10(5-3-1)12-8-9-6-7-13-11(9)14-12/h1-7H,8H2. The Morgan fingerprint density at radius 1 is 1.14 bits per heavy atom. The first-order chi connectivity index (χ1) is 6.93. The van der Waals surface area contributed by atoms with Gasteiger partial charge in [-0.15, -0.1) is 0 Å². The zero-order chi connectivity index (χ0) is 9.38. The molecule has 3 rings (SSSR count). The third kappa shape index (κ3) is 1.21. The van der Waals surface area contributed by atoms with Gasteiger partial charge in [-0.25, -0.2) is 0 Å². The molecule has 0 atom stereocenters. The minimum Gasteiger partial charge on any atom is -0.456 e. The van der Waals surface area contributed by atoms with E-state index in [9.17, 15) is 0 Å². The summed E-state index contributed by atoms with van der Waals surface area (Å²) in [7, 11) is 0. The first-order valence-corrected chi connectivity index (χ1v) is 5.28. The van der Waals surface area contributed by atoms with Gasteiger partial charge < -0.3 is 8.72 Å². The van der Waals surface area contributed by atoms with Crippen LogP contribution >= 0.6 is 11.9 Å². The fourth-order valence-corrected chi connectivity index (χ4v) is 2.52. The molecule has 70 valence electrons. The number of hydrogen-bond donors (Lipinski definition) is 0. The van der Waals surface area contributed by atoms with Gasteiger partial charge in [0.25, 0.3) is 0 Å². The van der Waals surface area contributed by atoms with Crippen LogP contribution < -0.4 is 4.31 Å². The quantitative estimate of drug-likeness (QED) is 0.661. The van der Waals surface area contributed by atoms with Crippen LogP contribution in [0.2, 0.25) is 0 Å². The van der Waals surface area contributed by atoms with Gasteiger partial charge in [0.1, 0.15) is 0 Å². The second-order valence-corrected chi connectivity index (χ2v) is 4.19. The lowest BCUT2D eigenvalue weighted by atomic mass is 10.3. The van der Waals surface area contributed by atoms with E-state index >= 15 is 0 Å². The molecular weight excluding hydrogens is 194 g/mol. The van der Waals surface area contributed by atoms with Crippen LogP contribution in [-0.2, 0) is 6.54 Å². The van der Waals surface area contributed by atoms with Crippen molar-refractivity contribution in [1.29, 1.82) is 0 Å². The summed E-state index contributed by atoms with van der Waals surface area (Å²) in [5, 5.41) is 1.02. The molecule has 0 saturated heterocycles. The van der Waals surface area contributed by atoms with Crippen LogP contribution in [0, 0.1) is 0 Å². The zero-order valence-corrected chi connectivity index (χ0v) is 8.33. The van der Waals surface area contributed by atoms with Crippen molar-refractivity contribution in [1.82, 2.24) is 0 Å². The Balaban J connectivity index is 1.89. The normalized spacial score (nSPS) is 14.4. The van der Waals surface area contributed by atoms with Gasteiger partial charge in [-0.3, -0.25) is 0 Å². The number of nitrogens with zero attached hydrogens (tertiary/aromatic N) is 1. The number of rotatable bonds is 1. The van der Waals surface area contributed by atoms with E-state index in [0.29, 0.717) is 0 Å². The van der Waals surface area contributed by atoms with Crippen molar-refractivity contribution in [3.8, 4) is 0 Å². The molecule has 14 heavy (non-hydrogen) atoms. The van der Waals surface area contributed by atoms with E-state index in [2.05, 4.69) is 28.6 Å². The van der Waals surface area contributed by atoms with E-state index in [-0.39, 0.29) is 0 Å². The van der Waals surface area contributed by atoms with Gasteiger partial charge in [-0.05, 0) is 18.2 Å². The molecule has 0 unspecified atom stereocenters. The lowest BCUT2D eigenvalue weighted by Crippen LogP contribution is -2.06. The van der Waals surface area contributed by atoms with Gasteiger partial charge in [0, 0.05) is 23.2 Å². The lowest BCUT2D eigenvalue weighted by Gasteiger charge is -2.14. The van der Waals surface area contributed by atoms with Crippen LogP contribution in [0.25, 0.3) is 0 Å². The largest absolute Gasteiger partial charge is 0.456 e. The van der Waals surface area contributed by atoms with Gasteiger partial charge in [0.2, 0.25) is 0 Å². The summed E-state index contributed by atoms with van der Waals surface area (Å²) in [5.41, 5.74) is 2.50. The summed E-state index contributed by atoms with van der Waals surface area (Å²) in [6.45, 7) is 0.931. The minimum atomic E-state index is 0.931. The van der Waals surface area contributed by atoms with Gasteiger partial charge in [0.05, 0.1) is 12.8 Å². The van der Waals surface area contributed by atoms with Crippen LogP contribution in [0.4, 0.5) is 5.69 Å². The maximum atomic E-state index is 5.35. The number of furan rings is 1. The fraction of sp³-hybridized carbons (Fsp3) is 0.0909. The predicted molar refractivity (Wildman–Crippen MR) is 57.2 cm³/mol. The van der Waals surface area contributed by atoms with Crippen molar-refractivity contribution in [2.45, 2.75) is 11.6 Å². The van der Waals surface area contributed by atoms with E-state index in [1.807, 2.05) is 12.1 Å². The molecule has 2 nitrogen and oxygen atoms in total. The molecule has 0 amide bonds. The van der Waals surface area contributed by atoms with E-state index in [0.717, 1.165) is 11.6 Å². The Kier molecular flexibility index (Phi) is 1.77. The molecule has 0 bridgehead atoms. The van der Waals surface area contributed by atoms with Crippen molar-refractivity contribution < 1.29 is 4.42 Å². The molecule has 2 aromatic rings. The number of anilines is 1. The Hall–Kier alpha value is -1.35. The van der Waals surface area contributed by atoms with Crippen molar-refractivity contribution in [2.75, 3.05) is 4.31 Å². The molecule has 3 heteroatoms. The van der Waals surface area contributed by atoms with E-state index < -0.39 is 0 Å². The van der Waals surface area contributed by atoms with Crippen LogP contribution in [0.15, 0.2) is 52.2 Å². The molecule has 1 aliphatic rings. The van der Waals surface area contributed by atoms with E-state index in [1.165, 1.54) is 11.3 Å². The van der Waals surface area contributed by atoms with Crippen molar-refractivity contribution in [3.05, 3.63) is 48.2 Å². The summed E-state index contributed by atoms with van der Waals surface area (Å²) in [6, 6.07) is 12.4. The van der Waals surface area contributed by atoms with Crippen molar-refractivity contribution in [3.63, 3.8) is 0 Å². The Labute approximate surface area is 86.7 Å². The minimum absolute atomic E-state index is 0.931. The number of hydrogen-bond acceptors (Lipinski definition) is 3. The highest BCUT2D eigenvalue weighted by Crippen LogP contribution is 2.39. The average Bonchev–Trinajstić information content (AvgIpc) is 2.78. The first kappa shape index (κ1) is 8.00. The third-order valence-electron chi connectivity index (χ3n) is 2.26. The number of para-hydroxylation sites is 1. The fourth-order valence-electron chi connectivity index (χ4n) is 1.54. The highest BCUT2D eigenvalue weighted by Gasteiger charge is 2.22. The second kappa shape index (κ2) is 3.10. The smallest absolute Gasteiger partial charge is 0.185 e. The van der Waals surface area contributed by atoms with Crippen LogP contribution in [0.5, 0.6) is 0 Å².